The lowest BCUT2D eigenvalue weighted by Crippen LogP contribution is -2.49. The van der Waals surface area contributed by atoms with Crippen molar-refractivity contribution in [1.82, 2.24) is 15.1 Å². The maximum absolute atomic E-state index is 5.66. The van der Waals surface area contributed by atoms with E-state index in [9.17, 15) is 0 Å². The fourth-order valence-corrected chi connectivity index (χ4v) is 2.75. The maximum atomic E-state index is 5.66. The topological polar surface area (TPSA) is 31.7 Å². The minimum Gasteiger partial charge on any atom is -0.468 e. The predicted octanol–water partition coefficient (Wildman–Crippen LogP) is 2.31. The number of furan rings is 1. The van der Waals surface area contributed by atoms with Gasteiger partial charge in [-0.3, -0.25) is 9.80 Å². The van der Waals surface area contributed by atoms with E-state index in [2.05, 4.69) is 42.0 Å². The third-order valence-corrected chi connectivity index (χ3v) is 4.39. The van der Waals surface area contributed by atoms with Crippen LogP contribution in [0.15, 0.2) is 16.7 Å². The zero-order chi connectivity index (χ0) is 14.4. The molecule has 0 aromatic carbocycles. The van der Waals surface area contributed by atoms with Gasteiger partial charge in [0.15, 0.2) is 0 Å². The molecular formula is C16H29N3O. The smallest absolute Gasteiger partial charge is 0.122 e. The van der Waals surface area contributed by atoms with E-state index in [1.165, 1.54) is 25.1 Å². The van der Waals surface area contributed by atoms with Crippen molar-refractivity contribution in [2.45, 2.75) is 46.3 Å². The Kier molecular flexibility index (Phi) is 6.07. The first-order valence-electron chi connectivity index (χ1n) is 7.97. The molecule has 1 aliphatic rings. The summed E-state index contributed by atoms with van der Waals surface area (Å²) in [6.45, 7) is 14.2. The van der Waals surface area contributed by atoms with Crippen LogP contribution in [0.1, 0.15) is 38.5 Å². The molecule has 4 heteroatoms. The van der Waals surface area contributed by atoms with Crippen LogP contribution in [-0.4, -0.2) is 48.6 Å². The van der Waals surface area contributed by atoms with Crippen molar-refractivity contribution in [3.05, 3.63) is 23.7 Å². The number of nitrogens with zero attached hydrogens (tertiary/aromatic N) is 2. The largest absolute Gasteiger partial charge is 0.468 e. The number of hydrogen-bond acceptors (Lipinski definition) is 4. The fourth-order valence-electron chi connectivity index (χ4n) is 2.75. The average Bonchev–Trinajstić information content (AvgIpc) is 2.92. The molecule has 0 aliphatic carbocycles. The zero-order valence-electron chi connectivity index (χ0n) is 13.2. The highest BCUT2D eigenvalue weighted by Crippen LogP contribution is 2.16. The van der Waals surface area contributed by atoms with E-state index in [0.29, 0.717) is 6.04 Å². The van der Waals surface area contributed by atoms with E-state index >= 15 is 0 Å². The number of rotatable bonds is 7. The van der Waals surface area contributed by atoms with E-state index in [-0.39, 0.29) is 0 Å². The third kappa shape index (κ3) is 4.08. The molecule has 0 saturated carbocycles. The minimum atomic E-state index is 0.713. The molecule has 1 aliphatic heterocycles. The van der Waals surface area contributed by atoms with Crippen LogP contribution in [0.2, 0.25) is 0 Å². The monoisotopic (exact) mass is 279 g/mol. The van der Waals surface area contributed by atoms with Crippen molar-refractivity contribution in [2.24, 2.45) is 0 Å². The lowest BCUT2D eigenvalue weighted by Gasteiger charge is -2.37. The average molecular weight is 279 g/mol. The van der Waals surface area contributed by atoms with Crippen molar-refractivity contribution in [1.29, 1.82) is 0 Å². The Hall–Kier alpha value is -0.840. The molecule has 1 saturated heterocycles. The Bertz CT molecular complexity index is 383. The summed E-state index contributed by atoms with van der Waals surface area (Å²) in [5, 5.41) is 3.37. The summed E-state index contributed by atoms with van der Waals surface area (Å²) < 4.78 is 5.66. The van der Waals surface area contributed by atoms with Gasteiger partial charge >= 0.3 is 0 Å². The predicted molar refractivity (Wildman–Crippen MR) is 82.7 cm³/mol. The van der Waals surface area contributed by atoms with Crippen molar-refractivity contribution >= 4 is 0 Å². The lowest BCUT2D eigenvalue weighted by molar-refractivity contribution is 0.0917. The summed E-state index contributed by atoms with van der Waals surface area (Å²) in [4.78, 5) is 5.10. The first-order valence-corrected chi connectivity index (χ1v) is 7.97. The summed E-state index contributed by atoms with van der Waals surface area (Å²) >= 11 is 0. The molecule has 1 fully saturated rings. The SMILES string of the molecule is CCNCc1ccoc1CN1CCN(C(C)CC)CC1. The van der Waals surface area contributed by atoms with E-state index in [1.54, 1.807) is 0 Å². The van der Waals surface area contributed by atoms with Crippen molar-refractivity contribution in [3.63, 3.8) is 0 Å². The fraction of sp³-hybridized carbons (Fsp3) is 0.750. The van der Waals surface area contributed by atoms with Gasteiger partial charge in [0.1, 0.15) is 5.76 Å². The van der Waals surface area contributed by atoms with Gasteiger partial charge in [0, 0.05) is 44.3 Å². The summed E-state index contributed by atoms with van der Waals surface area (Å²) in [5.41, 5.74) is 1.30. The summed E-state index contributed by atoms with van der Waals surface area (Å²) in [6, 6.07) is 2.80. The molecule has 114 valence electrons. The van der Waals surface area contributed by atoms with Crippen LogP contribution < -0.4 is 5.32 Å². The first kappa shape index (κ1) is 15.5. The molecule has 0 radical (unpaired) electrons. The van der Waals surface area contributed by atoms with Crippen molar-refractivity contribution in [2.75, 3.05) is 32.7 Å². The highest BCUT2D eigenvalue weighted by molar-refractivity contribution is 5.16. The molecule has 2 heterocycles. The molecule has 0 spiro atoms. The molecule has 1 aromatic heterocycles. The van der Waals surface area contributed by atoms with E-state index < -0.39 is 0 Å². The van der Waals surface area contributed by atoms with Crippen LogP contribution in [0.25, 0.3) is 0 Å². The van der Waals surface area contributed by atoms with E-state index in [1.807, 2.05) is 6.26 Å². The summed E-state index contributed by atoms with van der Waals surface area (Å²) in [7, 11) is 0. The molecule has 2 rings (SSSR count). The quantitative estimate of drug-likeness (QED) is 0.830. The minimum absolute atomic E-state index is 0.713. The van der Waals surface area contributed by atoms with Gasteiger partial charge in [0.2, 0.25) is 0 Å². The van der Waals surface area contributed by atoms with Gasteiger partial charge in [0.25, 0.3) is 0 Å². The summed E-state index contributed by atoms with van der Waals surface area (Å²) in [6.07, 6.45) is 3.06. The molecule has 1 N–H and O–H groups in total. The second-order valence-corrected chi connectivity index (χ2v) is 5.72. The highest BCUT2D eigenvalue weighted by atomic mass is 16.3. The molecule has 0 amide bonds. The van der Waals surface area contributed by atoms with Crippen LogP contribution >= 0.6 is 0 Å². The normalized spacial score (nSPS) is 19.4. The van der Waals surface area contributed by atoms with Gasteiger partial charge in [0.05, 0.1) is 12.8 Å². The van der Waals surface area contributed by atoms with Gasteiger partial charge < -0.3 is 9.73 Å². The van der Waals surface area contributed by atoms with Gasteiger partial charge in [-0.1, -0.05) is 13.8 Å². The van der Waals surface area contributed by atoms with Crippen LogP contribution in [-0.2, 0) is 13.1 Å². The Morgan fingerprint density at radius 2 is 2.00 bits per heavy atom. The third-order valence-electron chi connectivity index (χ3n) is 4.39. The number of nitrogens with one attached hydrogen (secondary N) is 1. The molecule has 20 heavy (non-hydrogen) atoms. The van der Waals surface area contributed by atoms with Crippen LogP contribution in [0.3, 0.4) is 0 Å². The lowest BCUT2D eigenvalue weighted by atomic mass is 10.1. The Morgan fingerprint density at radius 3 is 2.65 bits per heavy atom. The second-order valence-electron chi connectivity index (χ2n) is 5.72. The molecule has 4 nitrogen and oxygen atoms in total. The number of hydrogen-bond donors (Lipinski definition) is 1. The van der Waals surface area contributed by atoms with Crippen LogP contribution in [0.4, 0.5) is 0 Å². The first-order chi connectivity index (χ1) is 9.74. The summed E-state index contributed by atoms with van der Waals surface area (Å²) in [5.74, 6) is 1.13. The maximum Gasteiger partial charge on any atom is 0.122 e. The van der Waals surface area contributed by atoms with Gasteiger partial charge in [-0.2, -0.15) is 0 Å². The van der Waals surface area contributed by atoms with Gasteiger partial charge in [-0.15, -0.1) is 0 Å². The van der Waals surface area contributed by atoms with Gasteiger partial charge in [-0.25, -0.2) is 0 Å². The second kappa shape index (κ2) is 7.81. The van der Waals surface area contributed by atoms with Crippen LogP contribution in [0.5, 0.6) is 0 Å². The van der Waals surface area contributed by atoms with Crippen molar-refractivity contribution in [3.8, 4) is 0 Å². The van der Waals surface area contributed by atoms with E-state index in [0.717, 1.165) is 38.5 Å². The highest BCUT2D eigenvalue weighted by Gasteiger charge is 2.21. The molecule has 1 unspecified atom stereocenters. The van der Waals surface area contributed by atoms with Gasteiger partial charge in [-0.05, 0) is 26.0 Å². The Morgan fingerprint density at radius 1 is 1.25 bits per heavy atom. The molecular weight excluding hydrogens is 250 g/mol. The Labute approximate surface area is 123 Å². The standard InChI is InChI=1S/C16H29N3O/c1-4-14(3)19-9-7-18(8-10-19)13-16-15(6-11-20-16)12-17-5-2/h6,11,14,17H,4-5,7-10,12-13H2,1-3H3. The van der Waals surface area contributed by atoms with E-state index in [4.69, 9.17) is 4.42 Å². The molecule has 1 atom stereocenters. The number of piperazine rings is 1. The molecule has 1 aromatic rings. The van der Waals surface area contributed by atoms with Crippen molar-refractivity contribution < 1.29 is 4.42 Å². The molecule has 0 bridgehead atoms. The van der Waals surface area contributed by atoms with Crippen LogP contribution in [0, 0.1) is 0 Å². The Balaban J connectivity index is 1.82. The zero-order valence-corrected chi connectivity index (χ0v) is 13.2.